The van der Waals surface area contributed by atoms with Crippen molar-refractivity contribution in [2.45, 2.75) is 38.5 Å². The molecule has 29 heavy (non-hydrogen) atoms. The number of carbonyl (C=O) groups excluding carboxylic acids is 2. The fourth-order valence-corrected chi connectivity index (χ4v) is 4.55. The zero-order chi connectivity index (χ0) is 20.2. The number of benzene rings is 2. The number of ether oxygens (including phenoxy) is 1. The number of hydrogen-bond acceptors (Lipinski definition) is 4. The summed E-state index contributed by atoms with van der Waals surface area (Å²) in [6, 6.07) is 12.1. The third-order valence-corrected chi connectivity index (χ3v) is 6.05. The molecule has 5 nitrogen and oxygen atoms in total. The second-order valence-corrected chi connectivity index (χ2v) is 7.91. The van der Waals surface area contributed by atoms with Crippen LogP contribution < -0.4 is 15.0 Å². The maximum atomic E-state index is 12.7. The molecule has 2 aliphatic heterocycles. The minimum absolute atomic E-state index is 0.209. The number of rotatable bonds is 9. The van der Waals surface area contributed by atoms with E-state index in [-0.39, 0.29) is 5.78 Å². The molecule has 1 unspecified atom stereocenters. The van der Waals surface area contributed by atoms with Crippen molar-refractivity contribution in [1.82, 2.24) is 5.32 Å². The van der Waals surface area contributed by atoms with Gasteiger partial charge in [0.2, 0.25) is 0 Å². The Morgan fingerprint density at radius 3 is 2.72 bits per heavy atom. The number of aryl methyl sites for hydroxylation is 1. The van der Waals surface area contributed by atoms with Crippen molar-refractivity contribution in [2.24, 2.45) is 0 Å². The minimum Gasteiger partial charge on any atom is -0.496 e. The van der Waals surface area contributed by atoms with E-state index in [1.54, 1.807) is 7.11 Å². The summed E-state index contributed by atoms with van der Waals surface area (Å²) in [6.07, 6.45) is 4.55. The molecule has 2 N–H and O–H groups in total. The third-order valence-electron chi connectivity index (χ3n) is 6.05. The molecule has 2 aliphatic rings. The normalized spacial score (nSPS) is 17.3. The van der Waals surface area contributed by atoms with Gasteiger partial charge in [0.15, 0.2) is 5.78 Å². The van der Waals surface area contributed by atoms with Gasteiger partial charge in [0.25, 0.3) is 0 Å². The number of carbonyl (C=O) groups is 2. The highest BCUT2D eigenvalue weighted by atomic mass is 16.5. The van der Waals surface area contributed by atoms with Crippen molar-refractivity contribution in [3.05, 3.63) is 58.7 Å². The largest absolute Gasteiger partial charge is 0.496 e. The van der Waals surface area contributed by atoms with E-state index >= 15 is 0 Å². The highest BCUT2D eigenvalue weighted by Crippen LogP contribution is 2.28. The topological polar surface area (TPSA) is 59.8 Å². The van der Waals surface area contributed by atoms with Gasteiger partial charge in [0.05, 0.1) is 20.1 Å². The molecule has 5 heteroatoms. The van der Waals surface area contributed by atoms with Crippen LogP contribution in [0.3, 0.4) is 0 Å². The monoisotopic (exact) mass is 393 g/mol. The highest BCUT2D eigenvalue weighted by Gasteiger charge is 2.37. The van der Waals surface area contributed by atoms with E-state index in [0.29, 0.717) is 18.7 Å². The summed E-state index contributed by atoms with van der Waals surface area (Å²) in [5, 5.41) is 3.43. The Kier molecular flexibility index (Phi) is 6.07. The fraction of sp³-hybridized carbons (Fsp3) is 0.417. The van der Waals surface area contributed by atoms with Crippen LogP contribution in [0, 0.1) is 0 Å². The number of ketones is 1. The van der Waals surface area contributed by atoms with E-state index in [4.69, 9.17) is 4.74 Å². The minimum atomic E-state index is 0.209. The lowest BCUT2D eigenvalue weighted by atomic mass is 9.94. The van der Waals surface area contributed by atoms with Crippen molar-refractivity contribution in [3.8, 4) is 5.75 Å². The summed E-state index contributed by atoms with van der Waals surface area (Å²) in [5.74, 6) is 1.43. The summed E-state index contributed by atoms with van der Waals surface area (Å²) in [4.78, 5) is 25.8. The molecule has 0 spiro atoms. The first-order chi connectivity index (χ1) is 14.2. The molecule has 0 saturated heterocycles. The number of hydrogen-bond donors (Lipinski definition) is 2. The van der Waals surface area contributed by atoms with Gasteiger partial charge in [-0.15, -0.1) is 0 Å². The maximum Gasteiger partial charge on any atom is 0.317 e. The molecule has 0 bridgehead atoms. The number of nitrogens with one attached hydrogen (secondary N) is 2. The molecule has 2 aromatic rings. The standard InChI is InChI=1S/C24H28N2O3/c1-29-22-7-3-2-5-17(22)10-13-25-12-4-6-21(27)20-15-18-8-9-23(28)26-14-11-19(16-20)24(18)26/h2-3,5,7,15-16,25H,4,6,8-14H2,1H3/p+1. The first-order valence-electron chi connectivity index (χ1n) is 10.6. The maximum absolute atomic E-state index is 12.7. The molecule has 152 valence electrons. The predicted molar refractivity (Wildman–Crippen MR) is 112 cm³/mol. The van der Waals surface area contributed by atoms with Crippen molar-refractivity contribution in [2.75, 3.05) is 26.7 Å². The third kappa shape index (κ3) is 4.26. The van der Waals surface area contributed by atoms with Crippen LogP contribution >= 0.6 is 0 Å². The smallest absolute Gasteiger partial charge is 0.317 e. The molecular weight excluding hydrogens is 364 g/mol. The SMILES string of the molecule is COc1ccccc1CCNCCCC(=O)c1cc2c3c(c1)CC[NH+]3C(=O)CC2. The van der Waals surface area contributed by atoms with E-state index < -0.39 is 0 Å². The molecule has 2 heterocycles. The molecule has 0 fully saturated rings. The van der Waals surface area contributed by atoms with Crippen LogP contribution in [0.2, 0.25) is 0 Å². The van der Waals surface area contributed by atoms with Gasteiger partial charge >= 0.3 is 5.91 Å². The Labute approximate surface area is 172 Å². The number of methoxy groups -OCH3 is 1. The molecule has 0 aromatic heterocycles. The van der Waals surface area contributed by atoms with Gasteiger partial charge < -0.3 is 10.1 Å². The van der Waals surface area contributed by atoms with Gasteiger partial charge in [0.1, 0.15) is 11.4 Å². The first-order valence-corrected chi connectivity index (χ1v) is 10.6. The van der Waals surface area contributed by atoms with Gasteiger partial charge in [-0.05, 0) is 56.1 Å². The van der Waals surface area contributed by atoms with Crippen LogP contribution in [0.4, 0.5) is 5.69 Å². The number of Topliss-reactive ketones (excluding diaryl/α,β-unsaturated/α-hetero) is 1. The molecule has 4 rings (SSSR count). The highest BCUT2D eigenvalue weighted by molar-refractivity contribution is 5.97. The summed E-state index contributed by atoms with van der Waals surface area (Å²) < 4.78 is 5.38. The van der Waals surface area contributed by atoms with Crippen molar-refractivity contribution >= 4 is 17.4 Å². The van der Waals surface area contributed by atoms with Gasteiger partial charge in [-0.3, -0.25) is 4.79 Å². The lowest BCUT2D eigenvalue weighted by Crippen LogP contribution is -3.09. The lowest BCUT2D eigenvalue weighted by Gasteiger charge is -2.20. The fourth-order valence-electron chi connectivity index (χ4n) is 4.55. The molecule has 0 aliphatic carbocycles. The molecule has 0 radical (unpaired) electrons. The Hall–Kier alpha value is -2.50. The number of para-hydroxylation sites is 1. The van der Waals surface area contributed by atoms with E-state index in [9.17, 15) is 9.59 Å². The van der Waals surface area contributed by atoms with Crippen LogP contribution in [0.25, 0.3) is 0 Å². The molecule has 1 atom stereocenters. The Bertz CT molecular complexity index is 922. The number of amides is 1. The van der Waals surface area contributed by atoms with E-state index in [1.807, 2.05) is 30.3 Å². The van der Waals surface area contributed by atoms with Crippen LogP contribution in [0.5, 0.6) is 5.75 Å². The molecule has 1 amide bonds. The zero-order valence-corrected chi connectivity index (χ0v) is 17.1. The lowest BCUT2D eigenvalue weighted by molar-refractivity contribution is -0.744. The second-order valence-electron chi connectivity index (χ2n) is 7.91. The van der Waals surface area contributed by atoms with Gasteiger partial charge in [-0.25, -0.2) is 9.69 Å². The summed E-state index contributed by atoms with van der Waals surface area (Å²) in [6.45, 7) is 2.53. The van der Waals surface area contributed by atoms with Crippen molar-refractivity contribution in [1.29, 1.82) is 0 Å². The van der Waals surface area contributed by atoms with Crippen LogP contribution in [-0.2, 0) is 24.1 Å². The average Bonchev–Trinajstić information content (AvgIpc) is 3.18. The zero-order valence-electron chi connectivity index (χ0n) is 17.1. The van der Waals surface area contributed by atoms with Gasteiger partial charge in [0, 0.05) is 29.5 Å². The predicted octanol–water partition coefficient (Wildman–Crippen LogP) is 2.04. The summed E-state index contributed by atoms with van der Waals surface area (Å²) >= 11 is 0. The molecule has 2 aromatic carbocycles. The Morgan fingerprint density at radius 1 is 1.10 bits per heavy atom. The van der Waals surface area contributed by atoms with Gasteiger partial charge in [-0.2, -0.15) is 0 Å². The van der Waals surface area contributed by atoms with E-state index in [0.717, 1.165) is 67.2 Å². The van der Waals surface area contributed by atoms with Crippen LogP contribution in [0.1, 0.15) is 46.3 Å². The van der Waals surface area contributed by atoms with Crippen molar-refractivity contribution in [3.63, 3.8) is 0 Å². The summed E-state index contributed by atoms with van der Waals surface area (Å²) in [7, 11) is 1.70. The average molecular weight is 394 g/mol. The summed E-state index contributed by atoms with van der Waals surface area (Å²) in [5.41, 5.74) is 5.58. The Balaban J connectivity index is 1.25. The number of quaternary nitrogens is 1. The van der Waals surface area contributed by atoms with Gasteiger partial charge in [-0.1, -0.05) is 18.2 Å². The van der Waals surface area contributed by atoms with E-state index in [1.165, 1.54) is 16.7 Å². The quantitative estimate of drug-likeness (QED) is 0.506. The van der Waals surface area contributed by atoms with E-state index in [2.05, 4.69) is 11.4 Å². The second kappa shape index (κ2) is 8.89. The van der Waals surface area contributed by atoms with Crippen LogP contribution in [0.15, 0.2) is 36.4 Å². The molecule has 0 saturated carbocycles. The van der Waals surface area contributed by atoms with Crippen LogP contribution in [-0.4, -0.2) is 38.4 Å². The first kappa shape index (κ1) is 19.8. The van der Waals surface area contributed by atoms with Crippen molar-refractivity contribution < 1.29 is 19.2 Å². The molecular formula is C24H29N2O3+. The Morgan fingerprint density at radius 2 is 1.90 bits per heavy atom.